The molecule has 32 heavy (non-hydrogen) atoms. The van der Waals surface area contributed by atoms with Crippen molar-refractivity contribution in [2.75, 3.05) is 0 Å². The Balaban J connectivity index is 1.86. The van der Waals surface area contributed by atoms with Gasteiger partial charge in [-0.15, -0.1) is 6.58 Å². The average molecular weight is 439 g/mol. The number of aromatic nitrogens is 4. The molecule has 1 atom stereocenters. The van der Waals surface area contributed by atoms with Gasteiger partial charge in [-0.1, -0.05) is 56.7 Å². The molecule has 0 fully saturated rings. The molecule has 1 N–H and O–H groups in total. The van der Waals surface area contributed by atoms with Crippen LogP contribution >= 0.6 is 0 Å². The Kier molecular flexibility index (Phi) is 7.81. The zero-order valence-corrected chi connectivity index (χ0v) is 18.7. The summed E-state index contributed by atoms with van der Waals surface area (Å²) in [5, 5.41) is 0. The van der Waals surface area contributed by atoms with Gasteiger partial charge in [0.05, 0.1) is 6.42 Å². The quantitative estimate of drug-likeness (QED) is 0.365. The molecule has 2 heterocycles. The molecule has 0 radical (unpaired) electrons. The van der Waals surface area contributed by atoms with Crippen molar-refractivity contribution in [1.29, 1.82) is 0 Å². The third-order valence-electron chi connectivity index (χ3n) is 5.41. The van der Waals surface area contributed by atoms with Crippen molar-refractivity contribution in [3.05, 3.63) is 75.2 Å². The SMILES string of the molecule is C=C[C@H](CC(=O)OCc1nc2c(c(=O)[nH]c(=O)n2CCCC)n1CCC)c1ccccc1. The predicted molar refractivity (Wildman–Crippen MR) is 124 cm³/mol. The largest absolute Gasteiger partial charge is 0.457 e. The van der Waals surface area contributed by atoms with Crippen LogP contribution in [0.4, 0.5) is 0 Å². The van der Waals surface area contributed by atoms with Crippen LogP contribution in [0.5, 0.6) is 0 Å². The average Bonchev–Trinajstić information content (AvgIpc) is 3.15. The van der Waals surface area contributed by atoms with Gasteiger partial charge in [-0.2, -0.15) is 0 Å². The fourth-order valence-electron chi connectivity index (χ4n) is 3.74. The van der Waals surface area contributed by atoms with Crippen LogP contribution in [0.1, 0.15) is 56.8 Å². The van der Waals surface area contributed by atoms with Gasteiger partial charge < -0.3 is 9.30 Å². The van der Waals surface area contributed by atoms with E-state index in [1.54, 1.807) is 10.6 Å². The number of aromatic amines is 1. The van der Waals surface area contributed by atoms with Crippen molar-refractivity contribution < 1.29 is 9.53 Å². The molecule has 0 aliphatic carbocycles. The second kappa shape index (κ2) is 10.7. The molecule has 2 aromatic heterocycles. The van der Waals surface area contributed by atoms with Crippen LogP contribution in [-0.2, 0) is 29.2 Å². The van der Waals surface area contributed by atoms with E-state index >= 15 is 0 Å². The highest BCUT2D eigenvalue weighted by atomic mass is 16.5. The number of allylic oxidation sites excluding steroid dienone is 1. The second-order valence-corrected chi connectivity index (χ2v) is 7.73. The van der Waals surface area contributed by atoms with E-state index in [-0.39, 0.29) is 24.9 Å². The maximum absolute atomic E-state index is 12.6. The van der Waals surface area contributed by atoms with E-state index in [9.17, 15) is 14.4 Å². The fourth-order valence-corrected chi connectivity index (χ4v) is 3.74. The number of ether oxygens (including phenoxy) is 1. The molecular weight excluding hydrogens is 408 g/mol. The molecule has 0 saturated carbocycles. The third-order valence-corrected chi connectivity index (χ3v) is 5.41. The summed E-state index contributed by atoms with van der Waals surface area (Å²) in [6, 6.07) is 9.64. The van der Waals surface area contributed by atoms with Crippen molar-refractivity contribution in [3.63, 3.8) is 0 Å². The molecule has 8 heteroatoms. The lowest BCUT2D eigenvalue weighted by Crippen LogP contribution is -2.31. The number of nitrogens with one attached hydrogen (secondary N) is 1. The number of hydrogen-bond acceptors (Lipinski definition) is 5. The van der Waals surface area contributed by atoms with Crippen molar-refractivity contribution >= 4 is 17.1 Å². The molecule has 0 saturated heterocycles. The first kappa shape index (κ1) is 23.2. The van der Waals surface area contributed by atoms with Crippen LogP contribution in [-0.4, -0.2) is 25.1 Å². The van der Waals surface area contributed by atoms with Crippen molar-refractivity contribution in [3.8, 4) is 0 Å². The minimum absolute atomic E-state index is 0.0758. The Morgan fingerprint density at radius 3 is 2.56 bits per heavy atom. The smallest absolute Gasteiger partial charge is 0.330 e. The van der Waals surface area contributed by atoms with Crippen LogP contribution in [0.2, 0.25) is 0 Å². The van der Waals surface area contributed by atoms with Gasteiger partial charge in [0.15, 0.2) is 11.2 Å². The normalized spacial score (nSPS) is 12.1. The van der Waals surface area contributed by atoms with E-state index in [1.807, 2.05) is 44.2 Å². The predicted octanol–water partition coefficient (Wildman–Crippen LogP) is 3.50. The van der Waals surface area contributed by atoms with Gasteiger partial charge in [-0.3, -0.25) is 19.1 Å². The molecular formula is C24H30N4O4. The highest BCUT2D eigenvalue weighted by Crippen LogP contribution is 2.21. The number of carbonyl (C=O) groups is 1. The monoisotopic (exact) mass is 438 g/mol. The summed E-state index contributed by atoms with van der Waals surface area (Å²) in [5.74, 6) is -0.0854. The number of aryl methyl sites for hydroxylation is 2. The molecule has 0 spiro atoms. The maximum Gasteiger partial charge on any atom is 0.330 e. The highest BCUT2D eigenvalue weighted by Gasteiger charge is 2.20. The Labute approximate surface area is 186 Å². The minimum Gasteiger partial charge on any atom is -0.457 e. The summed E-state index contributed by atoms with van der Waals surface area (Å²) in [5.41, 5.74) is 0.704. The van der Waals surface area contributed by atoms with Gasteiger partial charge >= 0.3 is 11.7 Å². The number of esters is 1. The minimum atomic E-state index is -0.480. The van der Waals surface area contributed by atoms with Crippen molar-refractivity contribution in [2.45, 2.75) is 65.1 Å². The van der Waals surface area contributed by atoms with Gasteiger partial charge in [-0.25, -0.2) is 9.78 Å². The van der Waals surface area contributed by atoms with Crippen LogP contribution in [0, 0.1) is 0 Å². The van der Waals surface area contributed by atoms with E-state index in [1.165, 1.54) is 4.57 Å². The summed E-state index contributed by atoms with van der Waals surface area (Å²) in [6.45, 7) is 8.76. The zero-order valence-electron chi connectivity index (χ0n) is 18.7. The van der Waals surface area contributed by atoms with Gasteiger partial charge in [0.25, 0.3) is 5.56 Å². The topological polar surface area (TPSA) is 99.0 Å². The summed E-state index contributed by atoms with van der Waals surface area (Å²) in [6.07, 6.45) is 4.33. The lowest BCUT2D eigenvalue weighted by Gasteiger charge is -2.13. The first-order chi connectivity index (χ1) is 15.5. The summed E-state index contributed by atoms with van der Waals surface area (Å²) in [4.78, 5) is 44.4. The van der Waals surface area contributed by atoms with Crippen molar-refractivity contribution in [1.82, 2.24) is 19.1 Å². The molecule has 3 aromatic rings. The number of nitrogens with zero attached hydrogens (tertiary/aromatic N) is 3. The van der Waals surface area contributed by atoms with E-state index in [2.05, 4.69) is 16.5 Å². The lowest BCUT2D eigenvalue weighted by molar-refractivity contribution is -0.145. The first-order valence-corrected chi connectivity index (χ1v) is 11.0. The Bertz CT molecular complexity index is 1190. The molecule has 3 rings (SSSR count). The maximum atomic E-state index is 12.6. The molecule has 0 aliphatic rings. The zero-order chi connectivity index (χ0) is 23.1. The van der Waals surface area contributed by atoms with Crippen LogP contribution < -0.4 is 11.2 Å². The first-order valence-electron chi connectivity index (χ1n) is 11.0. The molecule has 0 amide bonds. The number of benzene rings is 1. The van der Waals surface area contributed by atoms with Gasteiger partial charge in [-0.05, 0) is 18.4 Å². The molecule has 0 bridgehead atoms. The Morgan fingerprint density at radius 1 is 1.16 bits per heavy atom. The number of H-pyrrole nitrogens is 1. The molecule has 0 aliphatic heterocycles. The van der Waals surface area contributed by atoms with Crippen LogP contribution in [0.25, 0.3) is 11.2 Å². The fraction of sp³-hybridized carbons (Fsp3) is 0.417. The lowest BCUT2D eigenvalue weighted by atomic mass is 9.96. The standard InChI is InChI=1S/C24H30N4O4/c1-4-7-14-28-22-21(23(30)26-24(28)31)27(13-5-2)19(25-22)16-32-20(29)15-17(6-3)18-11-9-8-10-12-18/h6,8-12,17H,3-5,7,13-16H2,1-2H3,(H,26,30,31)/t17-/m1/s1. The van der Waals surface area contributed by atoms with E-state index in [4.69, 9.17) is 4.74 Å². The number of imidazole rings is 1. The number of rotatable bonds is 11. The van der Waals surface area contributed by atoms with E-state index in [0.717, 1.165) is 24.8 Å². The molecule has 8 nitrogen and oxygen atoms in total. The Morgan fingerprint density at radius 2 is 1.91 bits per heavy atom. The van der Waals surface area contributed by atoms with Crippen LogP contribution in [0.15, 0.2) is 52.6 Å². The summed E-state index contributed by atoms with van der Waals surface area (Å²) >= 11 is 0. The number of unbranched alkanes of at least 4 members (excludes halogenated alkanes) is 1. The van der Waals surface area contributed by atoms with E-state index < -0.39 is 11.2 Å². The number of fused-ring (bicyclic) bond motifs is 1. The number of hydrogen-bond donors (Lipinski definition) is 1. The third kappa shape index (κ3) is 5.07. The van der Waals surface area contributed by atoms with Crippen LogP contribution in [0.3, 0.4) is 0 Å². The number of carbonyl (C=O) groups excluding carboxylic acids is 1. The second-order valence-electron chi connectivity index (χ2n) is 7.73. The summed E-state index contributed by atoms with van der Waals surface area (Å²) in [7, 11) is 0. The van der Waals surface area contributed by atoms with Gasteiger partial charge in [0, 0.05) is 19.0 Å². The van der Waals surface area contributed by atoms with Gasteiger partial charge in [0.2, 0.25) is 0 Å². The van der Waals surface area contributed by atoms with E-state index in [0.29, 0.717) is 30.1 Å². The molecule has 1 aromatic carbocycles. The summed E-state index contributed by atoms with van der Waals surface area (Å²) < 4.78 is 8.75. The van der Waals surface area contributed by atoms with Crippen molar-refractivity contribution in [2.24, 2.45) is 0 Å². The Hall–Kier alpha value is -3.42. The molecule has 170 valence electrons. The van der Waals surface area contributed by atoms with Gasteiger partial charge in [0.1, 0.15) is 12.4 Å². The molecule has 0 unspecified atom stereocenters. The highest BCUT2D eigenvalue weighted by molar-refractivity contribution is 5.72.